The fourth-order valence-corrected chi connectivity index (χ4v) is 1.79. The van der Waals surface area contributed by atoms with Crippen molar-refractivity contribution in [1.29, 1.82) is 0 Å². The Hall–Kier alpha value is -1.15. The van der Waals surface area contributed by atoms with Gasteiger partial charge in [0.15, 0.2) is 0 Å². The number of hydrogen-bond acceptors (Lipinski definition) is 2. The molecule has 3 nitrogen and oxygen atoms in total. The Morgan fingerprint density at radius 1 is 1.35 bits per heavy atom. The van der Waals surface area contributed by atoms with E-state index in [2.05, 4.69) is 26.0 Å². The van der Waals surface area contributed by atoms with Crippen molar-refractivity contribution >= 4 is 21.8 Å². The van der Waals surface area contributed by atoms with Crippen LogP contribution in [0.1, 0.15) is 5.56 Å². The summed E-state index contributed by atoms with van der Waals surface area (Å²) in [6.45, 7) is -2.04. The fourth-order valence-electron chi connectivity index (χ4n) is 1.38. The maximum absolute atomic E-state index is 13.3. The van der Waals surface area contributed by atoms with E-state index >= 15 is 0 Å². The molecular weight excluding hydrogens is 346 g/mol. The van der Waals surface area contributed by atoms with Gasteiger partial charge in [-0.15, -0.1) is 0 Å². The van der Waals surface area contributed by atoms with E-state index in [0.29, 0.717) is 10.0 Å². The zero-order valence-corrected chi connectivity index (χ0v) is 11.9. The van der Waals surface area contributed by atoms with Crippen molar-refractivity contribution in [2.24, 2.45) is 0 Å². The van der Waals surface area contributed by atoms with Crippen molar-refractivity contribution in [3.05, 3.63) is 34.1 Å². The molecule has 0 aliphatic carbocycles. The molecule has 0 fully saturated rings. The van der Waals surface area contributed by atoms with E-state index in [9.17, 15) is 22.4 Å². The second-order valence-corrected chi connectivity index (χ2v) is 4.86. The van der Waals surface area contributed by atoms with Crippen LogP contribution in [0.2, 0.25) is 0 Å². The Labute approximate surface area is 121 Å². The summed E-state index contributed by atoms with van der Waals surface area (Å²) in [5.74, 6) is -1.08. The smallest absolute Gasteiger partial charge is 0.362 e. The predicted octanol–water partition coefficient (Wildman–Crippen LogP) is 2.83. The number of nitrogens with one attached hydrogen (secondary N) is 1. The lowest BCUT2D eigenvalue weighted by Gasteiger charge is -2.09. The molecule has 0 unspecified atom stereocenters. The van der Waals surface area contributed by atoms with Gasteiger partial charge in [-0.1, -0.05) is 15.9 Å². The molecule has 0 radical (unpaired) electrons. The molecule has 0 aromatic heterocycles. The van der Waals surface area contributed by atoms with E-state index in [-0.39, 0.29) is 13.0 Å². The first-order valence-electron chi connectivity index (χ1n) is 5.63. The summed E-state index contributed by atoms with van der Waals surface area (Å²) in [7, 11) is 0. The third kappa shape index (κ3) is 6.85. The van der Waals surface area contributed by atoms with Gasteiger partial charge in [-0.2, -0.15) is 13.2 Å². The quantitative estimate of drug-likeness (QED) is 0.795. The topological polar surface area (TPSA) is 38.3 Å². The summed E-state index contributed by atoms with van der Waals surface area (Å²) in [6, 6.07) is 4.40. The monoisotopic (exact) mass is 357 g/mol. The van der Waals surface area contributed by atoms with Crippen LogP contribution in [-0.4, -0.2) is 31.8 Å². The number of ether oxygens (including phenoxy) is 1. The zero-order valence-electron chi connectivity index (χ0n) is 10.3. The molecular formula is C12H12BrF4NO2. The Morgan fingerprint density at radius 3 is 2.70 bits per heavy atom. The second kappa shape index (κ2) is 7.58. The SMILES string of the molecule is O=C(COCC(F)(F)F)NCCc1cc(Br)ccc1F. The van der Waals surface area contributed by atoms with Gasteiger partial charge in [0.1, 0.15) is 19.0 Å². The average molecular weight is 358 g/mol. The first kappa shape index (κ1) is 16.9. The molecule has 0 atom stereocenters. The lowest BCUT2D eigenvalue weighted by molar-refractivity contribution is -0.175. The Kier molecular flexibility index (Phi) is 6.41. The fraction of sp³-hybridized carbons (Fsp3) is 0.417. The minimum Gasteiger partial charge on any atom is -0.362 e. The molecule has 1 amide bonds. The number of alkyl halides is 3. The lowest BCUT2D eigenvalue weighted by atomic mass is 10.1. The Balaban J connectivity index is 2.27. The number of halogens is 5. The van der Waals surface area contributed by atoms with Gasteiger partial charge in [-0.25, -0.2) is 4.39 Å². The summed E-state index contributed by atoms with van der Waals surface area (Å²) in [5.41, 5.74) is 0.399. The standard InChI is InChI=1S/C12H12BrF4NO2/c13-9-1-2-10(14)8(5-9)3-4-18-11(19)6-20-7-12(15,16)17/h1-2,5H,3-4,6-7H2,(H,18,19). The lowest BCUT2D eigenvalue weighted by Crippen LogP contribution is -2.31. The van der Waals surface area contributed by atoms with E-state index in [1.165, 1.54) is 6.07 Å². The van der Waals surface area contributed by atoms with Crippen molar-refractivity contribution in [2.45, 2.75) is 12.6 Å². The Morgan fingerprint density at radius 2 is 2.05 bits per heavy atom. The molecule has 1 rings (SSSR count). The molecule has 0 aliphatic rings. The van der Waals surface area contributed by atoms with Crippen molar-refractivity contribution in [1.82, 2.24) is 5.32 Å². The highest BCUT2D eigenvalue weighted by Crippen LogP contribution is 2.16. The van der Waals surface area contributed by atoms with Crippen LogP contribution in [0, 0.1) is 5.82 Å². The molecule has 1 N–H and O–H groups in total. The molecule has 1 aromatic carbocycles. The number of rotatable bonds is 6. The summed E-state index contributed by atoms with van der Waals surface area (Å²) < 4.78 is 53.5. The van der Waals surface area contributed by atoms with Crippen LogP contribution in [0.15, 0.2) is 22.7 Å². The third-order valence-corrected chi connectivity index (χ3v) is 2.72. The van der Waals surface area contributed by atoms with Gasteiger partial charge in [0.05, 0.1) is 0 Å². The number of hydrogen-bond donors (Lipinski definition) is 1. The molecule has 0 aliphatic heterocycles. The van der Waals surface area contributed by atoms with Crippen LogP contribution in [0.3, 0.4) is 0 Å². The van der Waals surface area contributed by atoms with E-state index in [1.54, 1.807) is 12.1 Å². The molecule has 0 saturated heterocycles. The number of carbonyl (C=O) groups is 1. The molecule has 0 spiro atoms. The molecule has 0 bridgehead atoms. The van der Waals surface area contributed by atoms with Gasteiger partial charge in [0, 0.05) is 11.0 Å². The second-order valence-electron chi connectivity index (χ2n) is 3.94. The third-order valence-electron chi connectivity index (χ3n) is 2.22. The summed E-state index contributed by atoms with van der Waals surface area (Å²) in [4.78, 5) is 11.2. The van der Waals surface area contributed by atoms with Crippen molar-refractivity contribution < 1.29 is 27.1 Å². The van der Waals surface area contributed by atoms with Crippen molar-refractivity contribution in [3.8, 4) is 0 Å². The van der Waals surface area contributed by atoms with Gasteiger partial charge < -0.3 is 10.1 Å². The van der Waals surface area contributed by atoms with Gasteiger partial charge in [0.25, 0.3) is 0 Å². The van der Waals surface area contributed by atoms with Crippen LogP contribution < -0.4 is 5.32 Å². The molecule has 0 saturated carbocycles. The van der Waals surface area contributed by atoms with Crippen LogP contribution in [0.4, 0.5) is 17.6 Å². The van der Waals surface area contributed by atoms with Crippen LogP contribution in [0.5, 0.6) is 0 Å². The minimum absolute atomic E-state index is 0.113. The van der Waals surface area contributed by atoms with Gasteiger partial charge in [0.2, 0.25) is 5.91 Å². The molecule has 112 valence electrons. The van der Waals surface area contributed by atoms with Crippen LogP contribution >= 0.6 is 15.9 Å². The number of amides is 1. The molecule has 1 aromatic rings. The normalized spacial score (nSPS) is 11.4. The first-order chi connectivity index (χ1) is 9.28. The zero-order chi connectivity index (χ0) is 15.2. The molecule has 8 heteroatoms. The maximum Gasteiger partial charge on any atom is 0.411 e. The van der Waals surface area contributed by atoms with E-state index in [0.717, 1.165) is 0 Å². The molecule has 20 heavy (non-hydrogen) atoms. The van der Waals surface area contributed by atoms with E-state index < -0.39 is 31.1 Å². The highest BCUT2D eigenvalue weighted by Gasteiger charge is 2.27. The van der Waals surface area contributed by atoms with Gasteiger partial charge >= 0.3 is 6.18 Å². The van der Waals surface area contributed by atoms with E-state index in [1.807, 2.05) is 0 Å². The first-order valence-corrected chi connectivity index (χ1v) is 6.42. The van der Waals surface area contributed by atoms with Gasteiger partial charge in [-0.05, 0) is 30.2 Å². The summed E-state index contributed by atoms with van der Waals surface area (Å²) >= 11 is 3.19. The average Bonchev–Trinajstić information content (AvgIpc) is 2.32. The van der Waals surface area contributed by atoms with Crippen LogP contribution in [0.25, 0.3) is 0 Å². The summed E-state index contributed by atoms with van der Waals surface area (Å²) in [5, 5.41) is 2.35. The van der Waals surface area contributed by atoms with Crippen LogP contribution in [-0.2, 0) is 16.0 Å². The van der Waals surface area contributed by atoms with Crippen molar-refractivity contribution in [3.63, 3.8) is 0 Å². The Bertz CT molecular complexity index is 465. The van der Waals surface area contributed by atoms with E-state index in [4.69, 9.17) is 0 Å². The number of benzene rings is 1. The largest absolute Gasteiger partial charge is 0.411 e. The maximum atomic E-state index is 13.3. The highest BCUT2D eigenvalue weighted by atomic mass is 79.9. The predicted molar refractivity (Wildman–Crippen MR) is 67.7 cm³/mol. The highest BCUT2D eigenvalue weighted by molar-refractivity contribution is 9.10. The van der Waals surface area contributed by atoms with Crippen molar-refractivity contribution in [2.75, 3.05) is 19.8 Å². The minimum atomic E-state index is -4.46. The van der Waals surface area contributed by atoms with Gasteiger partial charge in [-0.3, -0.25) is 4.79 Å². The molecule has 0 heterocycles. The number of carbonyl (C=O) groups excluding carboxylic acids is 1. The summed E-state index contributed by atoms with van der Waals surface area (Å²) in [6.07, 6.45) is -4.23.